The van der Waals surface area contributed by atoms with Crippen molar-refractivity contribution < 1.29 is 29.3 Å². The lowest BCUT2D eigenvalue weighted by Crippen LogP contribution is -2.46. The Labute approximate surface area is 140 Å². The highest BCUT2D eigenvalue weighted by Crippen LogP contribution is 2.34. The fourth-order valence-electron chi connectivity index (χ4n) is 2.63. The number of hydrogen-bond acceptors (Lipinski definition) is 7. The molecule has 23 heavy (non-hydrogen) atoms. The smallest absolute Gasteiger partial charge is 0.330 e. The van der Waals surface area contributed by atoms with E-state index < -0.39 is 5.97 Å². The Kier molecular flexibility index (Phi) is 15.1. The lowest BCUT2D eigenvalue weighted by molar-refractivity contribution is -0.635. The SMILES string of the molecule is CCCCCCCCC(CCCN)C(OOC)(OOC)OOC. The van der Waals surface area contributed by atoms with Gasteiger partial charge in [-0.25, -0.2) is 14.7 Å². The van der Waals surface area contributed by atoms with Crippen LogP contribution in [0.25, 0.3) is 0 Å². The van der Waals surface area contributed by atoms with Crippen molar-refractivity contribution in [2.24, 2.45) is 11.7 Å². The predicted molar refractivity (Wildman–Crippen MR) is 86.8 cm³/mol. The van der Waals surface area contributed by atoms with Gasteiger partial charge in [0.25, 0.3) is 0 Å². The summed E-state index contributed by atoms with van der Waals surface area (Å²) in [6.07, 6.45) is 9.62. The lowest BCUT2D eigenvalue weighted by Gasteiger charge is -2.34. The Morgan fingerprint density at radius 1 is 0.739 bits per heavy atom. The average molecular weight is 337 g/mol. The van der Waals surface area contributed by atoms with E-state index >= 15 is 0 Å². The van der Waals surface area contributed by atoms with Crippen LogP contribution in [0, 0.1) is 5.92 Å². The van der Waals surface area contributed by atoms with Crippen molar-refractivity contribution in [3.63, 3.8) is 0 Å². The average Bonchev–Trinajstić information content (AvgIpc) is 2.54. The molecule has 0 aromatic heterocycles. The highest BCUT2D eigenvalue weighted by Gasteiger charge is 2.46. The maximum absolute atomic E-state index is 5.64. The van der Waals surface area contributed by atoms with Crippen molar-refractivity contribution in [3.8, 4) is 0 Å². The summed E-state index contributed by atoms with van der Waals surface area (Å²) in [7, 11) is 4.16. The Morgan fingerprint density at radius 2 is 1.22 bits per heavy atom. The van der Waals surface area contributed by atoms with Crippen LogP contribution in [0.2, 0.25) is 0 Å². The van der Waals surface area contributed by atoms with Gasteiger partial charge in [-0.3, -0.25) is 0 Å². The van der Waals surface area contributed by atoms with Crippen LogP contribution in [0.4, 0.5) is 0 Å². The normalized spacial score (nSPS) is 13.4. The molecule has 2 N–H and O–H groups in total. The zero-order valence-corrected chi connectivity index (χ0v) is 15.2. The summed E-state index contributed by atoms with van der Waals surface area (Å²) >= 11 is 0. The fraction of sp³-hybridized carbons (Fsp3) is 1.00. The first-order valence-corrected chi connectivity index (χ1v) is 8.56. The van der Waals surface area contributed by atoms with E-state index in [0.29, 0.717) is 6.54 Å². The summed E-state index contributed by atoms with van der Waals surface area (Å²) in [5, 5.41) is 0. The summed E-state index contributed by atoms with van der Waals surface area (Å²) in [5.74, 6) is -1.69. The van der Waals surface area contributed by atoms with Crippen LogP contribution in [0.1, 0.15) is 64.7 Å². The monoisotopic (exact) mass is 337 g/mol. The molecular weight excluding hydrogens is 302 g/mol. The van der Waals surface area contributed by atoms with Crippen molar-refractivity contribution in [3.05, 3.63) is 0 Å². The van der Waals surface area contributed by atoms with Gasteiger partial charge in [0.1, 0.15) is 0 Å². The maximum Gasteiger partial charge on any atom is 0.368 e. The van der Waals surface area contributed by atoms with Crippen molar-refractivity contribution in [1.82, 2.24) is 0 Å². The number of rotatable bonds is 17. The third-order valence-electron chi connectivity index (χ3n) is 3.76. The molecule has 0 spiro atoms. The largest absolute Gasteiger partial charge is 0.368 e. The highest BCUT2D eigenvalue weighted by atomic mass is 17.4. The standard InChI is InChI=1S/C16H35NO6/c1-5-6-7-8-9-10-12-15(13-11-14-17)16(21-18-2,22-19-3)23-20-4/h15H,5-14,17H2,1-4H3. The summed E-state index contributed by atoms with van der Waals surface area (Å²) in [5.41, 5.74) is 5.64. The molecule has 0 aliphatic rings. The summed E-state index contributed by atoms with van der Waals surface area (Å²) < 4.78 is 0. The van der Waals surface area contributed by atoms with E-state index in [-0.39, 0.29) is 5.92 Å². The molecule has 0 aliphatic heterocycles. The van der Waals surface area contributed by atoms with Crippen molar-refractivity contribution >= 4 is 0 Å². The quantitative estimate of drug-likeness (QED) is 0.188. The van der Waals surface area contributed by atoms with Crippen LogP contribution < -0.4 is 5.73 Å². The molecular formula is C16H35NO6. The Morgan fingerprint density at radius 3 is 1.70 bits per heavy atom. The minimum atomic E-state index is -1.56. The molecule has 0 aliphatic carbocycles. The van der Waals surface area contributed by atoms with Crippen molar-refractivity contribution in [1.29, 1.82) is 0 Å². The Hall–Kier alpha value is -0.280. The first-order chi connectivity index (χ1) is 11.2. The van der Waals surface area contributed by atoms with Crippen LogP contribution in [-0.4, -0.2) is 33.8 Å². The molecule has 0 fully saturated rings. The fourth-order valence-corrected chi connectivity index (χ4v) is 2.63. The van der Waals surface area contributed by atoms with Crippen LogP contribution in [0.5, 0.6) is 0 Å². The third-order valence-corrected chi connectivity index (χ3v) is 3.76. The van der Waals surface area contributed by atoms with Gasteiger partial charge in [-0.2, -0.15) is 14.7 Å². The third kappa shape index (κ3) is 9.56. The Balaban J connectivity index is 4.68. The number of hydrogen-bond donors (Lipinski definition) is 1. The molecule has 0 radical (unpaired) electrons. The molecule has 0 heterocycles. The molecule has 0 bridgehead atoms. The zero-order valence-electron chi connectivity index (χ0n) is 15.2. The van der Waals surface area contributed by atoms with Gasteiger partial charge in [0.05, 0.1) is 21.3 Å². The second-order valence-electron chi connectivity index (χ2n) is 5.54. The number of unbranched alkanes of at least 4 members (excludes halogenated alkanes) is 5. The first kappa shape index (κ1) is 22.7. The van der Waals surface area contributed by atoms with Crippen LogP contribution in [0.15, 0.2) is 0 Å². The van der Waals surface area contributed by atoms with Gasteiger partial charge >= 0.3 is 5.97 Å². The molecule has 1 atom stereocenters. The van der Waals surface area contributed by atoms with Gasteiger partial charge in [-0.15, -0.1) is 0 Å². The van der Waals surface area contributed by atoms with Crippen molar-refractivity contribution in [2.45, 2.75) is 70.7 Å². The molecule has 0 amide bonds. The number of nitrogens with two attached hydrogens (primary N) is 1. The molecule has 0 aromatic carbocycles. The topological polar surface area (TPSA) is 81.4 Å². The summed E-state index contributed by atoms with van der Waals surface area (Å²) in [4.78, 5) is 30.1. The highest BCUT2D eigenvalue weighted by molar-refractivity contribution is 4.70. The van der Waals surface area contributed by atoms with Gasteiger partial charge in [0.2, 0.25) is 0 Å². The second-order valence-corrected chi connectivity index (χ2v) is 5.54. The van der Waals surface area contributed by atoms with E-state index in [1.807, 2.05) is 0 Å². The van der Waals surface area contributed by atoms with Gasteiger partial charge in [0, 0.05) is 5.92 Å². The van der Waals surface area contributed by atoms with E-state index in [2.05, 4.69) is 6.92 Å². The van der Waals surface area contributed by atoms with Crippen LogP contribution in [0.3, 0.4) is 0 Å². The molecule has 0 rings (SSSR count). The van der Waals surface area contributed by atoms with Gasteiger partial charge in [0.15, 0.2) is 0 Å². The van der Waals surface area contributed by atoms with E-state index in [9.17, 15) is 0 Å². The zero-order chi connectivity index (χ0) is 17.4. The van der Waals surface area contributed by atoms with E-state index in [1.54, 1.807) is 0 Å². The molecule has 1 unspecified atom stereocenters. The van der Waals surface area contributed by atoms with E-state index in [0.717, 1.165) is 32.1 Å². The lowest BCUT2D eigenvalue weighted by atomic mass is 9.93. The van der Waals surface area contributed by atoms with E-state index in [4.69, 9.17) is 35.1 Å². The minimum absolute atomic E-state index is 0.128. The van der Waals surface area contributed by atoms with E-state index in [1.165, 1.54) is 47.0 Å². The van der Waals surface area contributed by atoms with Gasteiger partial charge in [-0.05, 0) is 25.8 Å². The molecule has 7 nitrogen and oxygen atoms in total. The predicted octanol–water partition coefficient (Wildman–Crippen LogP) is 3.48. The van der Waals surface area contributed by atoms with Gasteiger partial charge in [-0.1, -0.05) is 45.4 Å². The molecule has 140 valence electrons. The molecule has 0 saturated carbocycles. The second kappa shape index (κ2) is 15.3. The summed E-state index contributed by atoms with van der Waals surface area (Å²) in [6.45, 7) is 2.79. The maximum atomic E-state index is 5.64. The molecule has 0 aromatic rings. The Bertz CT molecular complexity index is 238. The van der Waals surface area contributed by atoms with Crippen LogP contribution in [-0.2, 0) is 29.3 Å². The van der Waals surface area contributed by atoms with Gasteiger partial charge < -0.3 is 5.73 Å². The first-order valence-electron chi connectivity index (χ1n) is 8.56. The minimum Gasteiger partial charge on any atom is -0.330 e. The summed E-state index contributed by atoms with van der Waals surface area (Å²) in [6, 6.07) is 0. The molecule has 7 heteroatoms. The van der Waals surface area contributed by atoms with Crippen LogP contribution >= 0.6 is 0 Å². The molecule has 0 saturated heterocycles. The van der Waals surface area contributed by atoms with Crippen molar-refractivity contribution in [2.75, 3.05) is 27.9 Å².